The minimum Gasteiger partial charge on any atom is -0.402 e. The number of benzene rings is 1. The summed E-state index contributed by atoms with van der Waals surface area (Å²) in [6.07, 6.45) is 0. The number of hydrogen-bond donors (Lipinski definition) is 1. The molecule has 0 saturated carbocycles. The number of nitrogens with two attached hydrogens (primary N) is 1. The lowest BCUT2D eigenvalue weighted by Crippen LogP contribution is -2.41. The Balaban J connectivity index is 2.27. The number of halogens is 2. The minimum absolute atomic E-state index is 0.343. The average Bonchev–Trinajstić information content (AvgIpc) is 2.51. The van der Waals surface area contributed by atoms with Crippen molar-refractivity contribution in [2.75, 3.05) is 0 Å². The monoisotopic (exact) mass is 329 g/mol. The SMILES string of the molecule is CC1(C)OB([C@H](N)c2cccc(F)c2Br)OC1(C)C. The fraction of sp³-hybridized carbons (Fsp3) is 0.538. The molecule has 1 atom stereocenters. The van der Waals surface area contributed by atoms with Crippen LogP contribution in [0.15, 0.2) is 22.7 Å². The van der Waals surface area contributed by atoms with Gasteiger partial charge in [-0.25, -0.2) is 4.39 Å². The number of rotatable bonds is 2. The van der Waals surface area contributed by atoms with Crippen LogP contribution in [-0.4, -0.2) is 18.3 Å². The maximum Gasteiger partial charge on any atom is 0.480 e. The minimum atomic E-state index is -0.594. The zero-order valence-corrected chi connectivity index (χ0v) is 13.1. The maximum absolute atomic E-state index is 13.5. The van der Waals surface area contributed by atoms with Crippen molar-refractivity contribution in [2.45, 2.75) is 44.8 Å². The molecule has 104 valence electrons. The molecular formula is C13H18BBrFNO2. The van der Waals surface area contributed by atoms with E-state index in [2.05, 4.69) is 15.9 Å². The van der Waals surface area contributed by atoms with Gasteiger partial charge in [0.05, 0.1) is 21.6 Å². The molecule has 1 aromatic carbocycles. The molecule has 0 radical (unpaired) electrons. The Kier molecular flexibility index (Phi) is 3.82. The fourth-order valence-corrected chi connectivity index (χ4v) is 2.49. The summed E-state index contributed by atoms with van der Waals surface area (Å²) in [6, 6.07) is 4.77. The first kappa shape index (κ1) is 15.0. The van der Waals surface area contributed by atoms with Crippen LogP contribution in [-0.2, 0) is 9.31 Å². The molecule has 0 unspecified atom stereocenters. The summed E-state index contributed by atoms with van der Waals surface area (Å²) in [6.45, 7) is 7.83. The van der Waals surface area contributed by atoms with Crippen LogP contribution in [0.4, 0.5) is 4.39 Å². The summed E-state index contributed by atoms with van der Waals surface area (Å²) in [5, 5.41) is 0. The quantitative estimate of drug-likeness (QED) is 0.847. The van der Waals surface area contributed by atoms with Crippen molar-refractivity contribution >= 4 is 23.0 Å². The molecule has 1 aliphatic rings. The third-order valence-corrected chi connectivity index (χ3v) is 4.74. The van der Waals surface area contributed by atoms with Gasteiger partial charge in [0.1, 0.15) is 5.82 Å². The van der Waals surface area contributed by atoms with E-state index in [0.717, 1.165) is 0 Å². The van der Waals surface area contributed by atoms with Gasteiger partial charge in [-0.15, -0.1) is 0 Å². The highest BCUT2D eigenvalue weighted by molar-refractivity contribution is 9.10. The normalized spacial score (nSPS) is 22.6. The van der Waals surface area contributed by atoms with E-state index >= 15 is 0 Å². The Morgan fingerprint density at radius 3 is 2.26 bits per heavy atom. The lowest BCUT2D eigenvalue weighted by molar-refractivity contribution is 0.00578. The predicted octanol–water partition coefficient (Wildman–Crippen LogP) is 3.22. The molecule has 0 aliphatic carbocycles. The van der Waals surface area contributed by atoms with Gasteiger partial charge in [0.2, 0.25) is 0 Å². The van der Waals surface area contributed by atoms with Gasteiger partial charge in [0.25, 0.3) is 0 Å². The molecule has 2 N–H and O–H groups in total. The van der Waals surface area contributed by atoms with E-state index in [1.165, 1.54) is 6.07 Å². The molecule has 1 aliphatic heterocycles. The largest absolute Gasteiger partial charge is 0.480 e. The first-order valence-corrected chi connectivity index (χ1v) is 7.00. The molecule has 0 aromatic heterocycles. The van der Waals surface area contributed by atoms with Gasteiger partial charge in [0.15, 0.2) is 0 Å². The van der Waals surface area contributed by atoms with Crippen molar-refractivity contribution in [2.24, 2.45) is 5.73 Å². The van der Waals surface area contributed by atoms with Gasteiger partial charge < -0.3 is 15.0 Å². The van der Waals surface area contributed by atoms with Crippen molar-refractivity contribution < 1.29 is 13.7 Å². The van der Waals surface area contributed by atoms with E-state index in [4.69, 9.17) is 15.0 Å². The predicted molar refractivity (Wildman–Crippen MR) is 77.1 cm³/mol. The summed E-state index contributed by atoms with van der Waals surface area (Å²) < 4.78 is 25.7. The van der Waals surface area contributed by atoms with Crippen LogP contribution >= 0.6 is 15.9 Å². The van der Waals surface area contributed by atoms with Crippen molar-refractivity contribution in [3.8, 4) is 0 Å². The molecule has 0 spiro atoms. The van der Waals surface area contributed by atoms with E-state index in [0.29, 0.717) is 10.0 Å². The van der Waals surface area contributed by atoms with E-state index in [9.17, 15) is 4.39 Å². The molecule has 1 aromatic rings. The second kappa shape index (κ2) is 4.84. The Hall–Kier alpha value is -0.425. The lowest BCUT2D eigenvalue weighted by atomic mass is 9.75. The summed E-state index contributed by atoms with van der Waals surface area (Å²) in [7, 11) is -0.594. The highest BCUT2D eigenvalue weighted by atomic mass is 79.9. The van der Waals surface area contributed by atoms with Gasteiger partial charge in [-0.3, -0.25) is 0 Å². The topological polar surface area (TPSA) is 44.5 Å². The van der Waals surface area contributed by atoms with Crippen LogP contribution < -0.4 is 5.73 Å². The van der Waals surface area contributed by atoms with Crippen LogP contribution in [0.25, 0.3) is 0 Å². The molecule has 1 saturated heterocycles. The van der Waals surface area contributed by atoms with Gasteiger partial charge in [-0.05, 0) is 55.3 Å². The first-order valence-electron chi connectivity index (χ1n) is 6.21. The Morgan fingerprint density at radius 1 is 1.21 bits per heavy atom. The van der Waals surface area contributed by atoms with Gasteiger partial charge >= 0.3 is 7.12 Å². The summed E-state index contributed by atoms with van der Waals surface area (Å²) in [5.74, 6) is -0.893. The van der Waals surface area contributed by atoms with Crippen LogP contribution in [0.1, 0.15) is 39.2 Å². The molecule has 19 heavy (non-hydrogen) atoms. The molecular weight excluding hydrogens is 312 g/mol. The third kappa shape index (κ3) is 2.59. The molecule has 2 rings (SSSR count). The second-order valence-electron chi connectivity index (χ2n) is 5.79. The zero-order chi connectivity index (χ0) is 14.4. The van der Waals surface area contributed by atoms with E-state index in [-0.39, 0.29) is 5.82 Å². The maximum atomic E-state index is 13.5. The fourth-order valence-electron chi connectivity index (χ4n) is 1.96. The molecule has 6 heteroatoms. The van der Waals surface area contributed by atoms with Crippen LogP contribution in [0.2, 0.25) is 0 Å². The first-order chi connectivity index (χ1) is 8.66. The molecule has 1 heterocycles. The number of hydrogen-bond acceptors (Lipinski definition) is 3. The van der Waals surface area contributed by atoms with Gasteiger partial charge in [-0.1, -0.05) is 12.1 Å². The highest BCUT2D eigenvalue weighted by Crippen LogP contribution is 2.40. The van der Waals surface area contributed by atoms with Gasteiger partial charge in [-0.2, -0.15) is 0 Å². The van der Waals surface area contributed by atoms with E-state index in [1.807, 2.05) is 27.7 Å². The Labute approximate surface area is 121 Å². The van der Waals surface area contributed by atoms with Crippen molar-refractivity contribution in [3.05, 3.63) is 34.1 Å². The molecule has 1 fully saturated rings. The second-order valence-corrected chi connectivity index (χ2v) is 6.59. The third-order valence-electron chi connectivity index (χ3n) is 3.91. The Bertz CT molecular complexity index is 480. The van der Waals surface area contributed by atoms with Crippen LogP contribution in [0.3, 0.4) is 0 Å². The van der Waals surface area contributed by atoms with Gasteiger partial charge in [0, 0.05) is 0 Å². The van der Waals surface area contributed by atoms with Crippen molar-refractivity contribution in [3.63, 3.8) is 0 Å². The molecule has 0 amide bonds. The Morgan fingerprint density at radius 2 is 1.74 bits per heavy atom. The molecule has 0 bridgehead atoms. The van der Waals surface area contributed by atoms with E-state index < -0.39 is 24.3 Å². The van der Waals surface area contributed by atoms with Crippen molar-refractivity contribution in [1.82, 2.24) is 0 Å². The molecule has 3 nitrogen and oxygen atoms in total. The summed E-state index contributed by atoms with van der Waals surface area (Å²) >= 11 is 3.22. The summed E-state index contributed by atoms with van der Waals surface area (Å²) in [5.41, 5.74) is 5.90. The summed E-state index contributed by atoms with van der Waals surface area (Å²) in [4.78, 5) is 0. The van der Waals surface area contributed by atoms with Crippen molar-refractivity contribution in [1.29, 1.82) is 0 Å². The smallest absolute Gasteiger partial charge is 0.402 e. The average molecular weight is 330 g/mol. The van der Waals surface area contributed by atoms with E-state index in [1.54, 1.807) is 12.1 Å². The van der Waals surface area contributed by atoms with Crippen LogP contribution in [0.5, 0.6) is 0 Å². The lowest BCUT2D eigenvalue weighted by Gasteiger charge is -2.32. The standard InChI is InChI=1S/C13H18BBrFNO2/c1-12(2)13(3,4)19-14(18-12)11(17)8-6-5-7-9(16)10(8)15/h5-7,11H,17H2,1-4H3/t11-/m1/s1. The highest BCUT2D eigenvalue weighted by Gasteiger charge is 2.53. The van der Waals surface area contributed by atoms with Crippen LogP contribution in [0, 0.1) is 5.82 Å². The zero-order valence-electron chi connectivity index (χ0n) is 11.5.